The van der Waals surface area contributed by atoms with Crippen molar-refractivity contribution in [2.24, 2.45) is 20.5 Å². The second-order valence-corrected chi connectivity index (χ2v) is 14.0. The third kappa shape index (κ3) is 8.70. The Morgan fingerprint density at radius 1 is 0.532 bits per heavy atom. The number of anilines is 2. The van der Waals surface area contributed by atoms with Gasteiger partial charge >= 0.3 is 11.9 Å². The number of nitrogens with zero attached hydrogens (tertiary/aromatic N) is 4. The lowest BCUT2D eigenvalue weighted by Crippen LogP contribution is -2.17. The van der Waals surface area contributed by atoms with Crippen molar-refractivity contribution < 1.29 is 38.9 Å². The van der Waals surface area contributed by atoms with Crippen LogP contribution in [0.4, 0.5) is 34.1 Å². The summed E-state index contributed by atoms with van der Waals surface area (Å²) in [6, 6.07) is 33.6. The number of azo groups is 2. The van der Waals surface area contributed by atoms with Crippen LogP contribution in [0.25, 0.3) is 21.5 Å². The summed E-state index contributed by atoms with van der Waals surface area (Å²) in [5.41, 5.74) is 3.58. The van der Waals surface area contributed by atoms with Gasteiger partial charge in [-0.25, -0.2) is 9.59 Å². The van der Waals surface area contributed by atoms with Gasteiger partial charge in [-0.05, 0) is 95.4 Å². The third-order valence-electron chi connectivity index (χ3n) is 10.1. The summed E-state index contributed by atoms with van der Waals surface area (Å²) in [6.45, 7) is 3.81. The van der Waals surface area contributed by atoms with Crippen molar-refractivity contribution in [2.75, 3.05) is 24.9 Å². The normalized spacial score (nSPS) is 11.3. The summed E-state index contributed by atoms with van der Waals surface area (Å²) in [7, 11) is 2.56. The molecule has 7 rings (SSSR count). The van der Waals surface area contributed by atoms with Crippen LogP contribution in [0.5, 0.6) is 11.5 Å². The molecule has 62 heavy (non-hydrogen) atoms. The van der Waals surface area contributed by atoms with E-state index in [-0.39, 0.29) is 33.6 Å². The van der Waals surface area contributed by atoms with Crippen LogP contribution in [-0.2, 0) is 22.3 Å². The number of phenols is 2. The number of ether oxygens (including phenoxy) is 2. The molecule has 4 N–H and O–H groups in total. The van der Waals surface area contributed by atoms with Gasteiger partial charge in [-0.3, -0.25) is 9.59 Å². The fourth-order valence-electron chi connectivity index (χ4n) is 6.96. The van der Waals surface area contributed by atoms with Crippen molar-refractivity contribution in [3.63, 3.8) is 0 Å². The molecular weight excluding hydrogens is 789 g/mol. The Bertz CT molecular complexity index is 2950. The summed E-state index contributed by atoms with van der Waals surface area (Å²) in [6.07, 6.45) is 0.923. The van der Waals surface area contributed by atoms with Gasteiger partial charge in [-0.2, -0.15) is 10.2 Å². The topological polar surface area (TPSA) is 201 Å². The lowest BCUT2D eigenvalue weighted by atomic mass is 9.99. The fourth-order valence-corrected chi connectivity index (χ4v) is 6.96. The number of benzene rings is 7. The molecule has 7 aromatic carbocycles. The monoisotopic (exact) mass is 828 g/mol. The van der Waals surface area contributed by atoms with Crippen LogP contribution in [0.3, 0.4) is 0 Å². The largest absolute Gasteiger partial charge is 0.505 e. The first-order valence-electron chi connectivity index (χ1n) is 19.5. The zero-order valence-corrected chi connectivity index (χ0v) is 34.1. The van der Waals surface area contributed by atoms with E-state index >= 15 is 0 Å². The number of fused-ring (bicyclic) bond motifs is 2. The molecule has 0 fully saturated rings. The molecule has 0 aliphatic carbocycles. The van der Waals surface area contributed by atoms with Crippen LogP contribution in [0.15, 0.2) is 142 Å². The summed E-state index contributed by atoms with van der Waals surface area (Å²) in [5, 5.41) is 48.5. The van der Waals surface area contributed by atoms with Crippen molar-refractivity contribution in [1.82, 2.24) is 0 Å². The molecule has 14 nitrogen and oxygen atoms in total. The maximum Gasteiger partial charge on any atom is 0.337 e. The minimum absolute atomic E-state index is 0.0432. The molecule has 0 bridgehead atoms. The van der Waals surface area contributed by atoms with E-state index in [2.05, 4.69) is 31.1 Å². The van der Waals surface area contributed by atoms with Crippen molar-refractivity contribution in [3.8, 4) is 11.5 Å². The van der Waals surface area contributed by atoms with E-state index in [1.807, 2.05) is 13.8 Å². The maximum absolute atomic E-state index is 14.1. The Labute approximate surface area is 355 Å². The quantitative estimate of drug-likeness (QED) is 0.0688. The molecule has 310 valence electrons. The molecule has 0 aromatic heterocycles. The van der Waals surface area contributed by atoms with Gasteiger partial charge in [0.05, 0.1) is 47.8 Å². The van der Waals surface area contributed by atoms with Crippen LogP contribution in [0.1, 0.15) is 66.4 Å². The number of aromatic hydroxyl groups is 2. The van der Waals surface area contributed by atoms with Crippen molar-refractivity contribution in [2.45, 2.75) is 26.7 Å². The number of carbonyl (C=O) groups is 4. The molecule has 0 atom stereocenters. The maximum atomic E-state index is 14.1. The average Bonchev–Trinajstić information content (AvgIpc) is 3.30. The summed E-state index contributed by atoms with van der Waals surface area (Å²) in [4.78, 5) is 52.2. The van der Waals surface area contributed by atoms with Gasteiger partial charge in [-0.1, -0.05) is 74.5 Å². The number of esters is 2. The summed E-state index contributed by atoms with van der Waals surface area (Å²) < 4.78 is 9.61. The highest BCUT2D eigenvalue weighted by Gasteiger charge is 2.23. The fraction of sp³-hybridized carbons (Fsp3) is 0.125. The van der Waals surface area contributed by atoms with Gasteiger partial charge < -0.3 is 30.3 Å². The zero-order chi connectivity index (χ0) is 43.9. The van der Waals surface area contributed by atoms with E-state index in [0.29, 0.717) is 68.3 Å². The van der Waals surface area contributed by atoms with Crippen molar-refractivity contribution >= 4 is 79.4 Å². The van der Waals surface area contributed by atoms with Crippen LogP contribution in [0.2, 0.25) is 0 Å². The predicted octanol–water partition coefficient (Wildman–Crippen LogP) is 11.4. The molecule has 0 saturated heterocycles. The van der Waals surface area contributed by atoms with E-state index in [9.17, 15) is 29.4 Å². The first-order chi connectivity index (χ1) is 30.0. The second kappa shape index (κ2) is 18.3. The van der Waals surface area contributed by atoms with Crippen LogP contribution < -0.4 is 10.6 Å². The van der Waals surface area contributed by atoms with Gasteiger partial charge in [0.1, 0.15) is 11.4 Å². The zero-order valence-electron chi connectivity index (χ0n) is 34.1. The highest BCUT2D eigenvalue weighted by atomic mass is 16.5. The molecule has 7 aromatic rings. The number of amides is 2. The summed E-state index contributed by atoms with van der Waals surface area (Å²) in [5.74, 6) is -3.08. The second-order valence-electron chi connectivity index (χ2n) is 14.0. The molecule has 0 unspecified atom stereocenters. The van der Waals surface area contributed by atoms with Crippen molar-refractivity contribution in [3.05, 3.63) is 155 Å². The SMILES string of the molecule is CCc1cc(NC(=O)c2cc3ccccc3c(N=Nc3cccc(C(=O)OC)c3)c2O)cc(CC)c1NC(=O)c1cc2ccccc2c(N=Nc2cccc(C(=O)OC)c2)c1O. The molecule has 2 amide bonds. The number of carbonyl (C=O) groups excluding carboxylic acids is 4. The van der Waals surface area contributed by atoms with Crippen LogP contribution >= 0.6 is 0 Å². The van der Waals surface area contributed by atoms with Gasteiger partial charge in [0, 0.05) is 22.1 Å². The highest BCUT2D eigenvalue weighted by molar-refractivity contribution is 6.14. The van der Waals surface area contributed by atoms with Gasteiger partial charge in [-0.15, -0.1) is 10.2 Å². The minimum Gasteiger partial charge on any atom is -0.505 e. The van der Waals surface area contributed by atoms with Gasteiger partial charge in [0.15, 0.2) is 11.5 Å². The van der Waals surface area contributed by atoms with Gasteiger partial charge in [0.25, 0.3) is 11.8 Å². The molecular formula is C48H40N6O8. The van der Waals surface area contributed by atoms with Crippen molar-refractivity contribution in [1.29, 1.82) is 0 Å². The summed E-state index contributed by atoms with van der Waals surface area (Å²) >= 11 is 0. The van der Waals surface area contributed by atoms with E-state index in [0.717, 1.165) is 0 Å². The smallest absolute Gasteiger partial charge is 0.337 e. The number of phenolic OH excluding ortho intramolecular Hbond substituents is 2. The standard InChI is InChI=1S/C48H40N6O8/c1-5-27-21-35(49-45(57)38-25-29-13-7-9-19-36(29)41(43(38)55)53-51-33-17-11-15-31(23-33)47(59)61-3)22-28(6-2)40(27)50-46(58)39-26-30-14-8-10-20-37(30)42(44(39)56)54-52-34-18-12-16-32(24-34)48(60)62-4/h7-26,55-56H,5-6H2,1-4H3,(H,49,57)(H,50,58). The average molecular weight is 829 g/mol. The van der Waals surface area contributed by atoms with E-state index in [1.54, 1.807) is 109 Å². The third-order valence-corrected chi connectivity index (χ3v) is 10.1. The van der Waals surface area contributed by atoms with E-state index in [4.69, 9.17) is 9.47 Å². The first kappa shape index (κ1) is 41.9. The van der Waals surface area contributed by atoms with E-state index in [1.165, 1.54) is 26.4 Å². The number of methoxy groups -OCH3 is 2. The lowest BCUT2D eigenvalue weighted by molar-refractivity contribution is 0.0592. The number of hydrogen-bond donors (Lipinski definition) is 4. The van der Waals surface area contributed by atoms with Crippen LogP contribution in [0, 0.1) is 0 Å². The molecule has 0 saturated carbocycles. The highest BCUT2D eigenvalue weighted by Crippen LogP contribution is 2.42. The Balaban J connectivity index is 1.18. The molecule has 0 aliphatic rings. The van der Waals surface area contributed by atoms with E-state index < -0.39 is 35.3 Å². The Morgan fingerprint density at radius 2 is 0.968 bits per heavy atom. The molecule has 0 spiro atoms. The number of hydrogen-bond acceptors (Lipinski definition) is 12. The first-order valence-corrected chi connectivity index (χ1v) is 19.5. The molecule has 0 radical (unpaired) electrons. The lowest BCUT2D eigenvalue weighted by Gasteiger charge is -2.18. The Hall–Kier alpha value is -8.26. The Morgan fingerprint density at radius 3 is 1.40 bits per heavy atom. The number of rotatable bonds is 12. The number of aryl methyl sites for hydroxylation is 2. The molecule has 14 heteroatoms. The number of nitrogens with one attached hydrogen (secondary N) is 2. The minimum atomic E-state index is -0.613. The molecule has 0 aliphatic heterocycles. The van der Waals surface area contributed by atoms with Gasteiger partial charge in [0.2, 0.25) is 0 Å². The Kier molecular flexibility index (Phi) is 12.4. The predicted molar refractivity (Wildman–Crippen MR) is 236 cm³/mol. The molecule has 0 heterocycles. The van der Waals surface area contributed by atoms with Crippen LogP contribution in [-0.4, -0.2) is 48.2 Å².